The summed E-state index contributed by atoms with van der Waals surface area (Å²) in [6.45, 7) is 4.55. The summed E-state index contributed by atoms with van der Waals surface area (Å²) in [5.41, 5.74) is 7.64. The number of aryl methyl sites for hydroxylation is 1. The quantitative estimate of drug-likeness (QED) is 0.463. The summed E-state index contributed by atoms with van der Waals surface area (Å²) in [5.74, 6) is -0.114. The fourth-order valence-corrected chi connectivity index (χ4v) is 5.19. The van der Waals surface area contributed by atoms with Gasteiger partial charge in [-0.15, -0.1) is 0 Å². The molecule has 0 saturated carbocycles. The van der Waals surface area contributed by atoms with Gasteiger partial charge in [0.2, 0.25) is 5.91 Å². The van der Waals surface area contributed by atoms with Crippen LogP contribution in [0.2, 0.25) is 0 Å². The monoisotopic (exact) mass is 490 g/mol. The highest BCUT2D eigenvalue weighted by Crippen LogP contribution is 2.23. The molecular formula is C29H35FN4O2. The van der Waals surface area contributed by atoms with Crippen molar-refractivity contribution in [1.29, 1.82) is 0 Å². The van der Waals surface area contributed by atoms with Crippen molar-refractivity contribution in [2.75, 3.05) is 12.3 Å². The first-order chi connectivity index (χ1) is 17.3. The number of halogens is 1. The van der Waals surface area contributed by atoms with Crippen molar-refractivity contribution in [2.45, 2.75) is 70.5 Å². The summed E-state index contributed by atoms with van der Waals surface area (Å²) in [6.07, 6.45) is 6.02. The van der Waals surface area contributed by atoms with E-state index in [1.54, 1.807) is 18.3 Å². The molecule has 4 rings (SSSR count). The van der Waals surface area contributed by atoms with E-state index in [1.165, 1.54) is 18.6 Å². The molecule has 3 aromatic rings. The Kier molecular flexibility index (Phi) is 8.31. The van der Waals surface area contributed by atoms with Gasteiger partial charge >= 0.3 is 0 Å². The highest BCUT2D eigenvalue weighted by molar-refractivity contribution is 5.92. The predicted molar refractivity (Wildman–Crippen MR) is 141 cm³/mol. The van der Waals surface area contributed by atoms with Crippen LogP contribution in [0.5, 0.6) is 0 Å². The van der Waals surface area contributed by atoms with Crippen LogP contribution in [0.15, 0.2) is 54.7 Å². The van der Waals surface area contributed by atoms with Gasteiger partial charge < -0.3 is 11.1 Å². The second kappa shape index (κ2) is 11.6. The lowest BCUT2D eigenvalue weighted by atomic mass is 9.96. The van der Waals surface area contributed by atoms with E-state index in [9.17, 15) is 14.0 Å². The molecule has 1 aliphatic rings. The zero-order valence-corrected chi connectivity index (χ0v) is 21.0. The second-order valence-corrected chi connectivity index (χ2v) is 9.97. The van der Waals surface area contributed by atoms with E-state index in [1.807, 2.05) is 24.3 Å². The number of nitrogens with zero attached hydrogens (tertiary/aromatic N) is 2. The Bertz CT molecular complexity index is 1220. The van der Waals surface area contributed by atoms with E-state index in [4.69, 9.17) is 5.73 Å². The number of hydrogen-bond donors (Lipinski definition) is 2. The Hall–Kier alpha value is -3.32. The number of pyridine rings is 1. The number of carbonyl (C=O) groups is 2. The first-order valence-corrected chi connectivity index (χ1v) is 12.8. The zero-order chi connectivity index (χ0) is 25.7. The number of hydrogen-bond acceptors (Lipinski definition) is 5. The van der Waals surface area contributed by atoms with Gasteiger partial charge in [-0.05, 0) is 74.2 Å². The maximum Gasteiger partial charge on any atom is 0.234 e. The van der Waals surface area contributed by atoms with Crippen LogP contribution in [0, 0.1) is 5.82 Å². The maximum atomic E-state index is 13.8. The number of ketones is 1. The minimum Gasteiger partial charge on any atom is -0.383 e. The van der Waals surface area contributed by atoms with Crippen molar-refractivity contribution in [3.8, 4) is 0 Å². The lowest BCUT2D eigenvalue weighted by molar-refractivity contribution is -0.129. The normalized spacial score (nSPS) is 19.2. The number of fused-ring (bicyclic) bond motifs is 1. The number of carbonyl (C=O) groups excluding carboxylic acids is 2. The molecular weight excluding hydrogens is 455 g/mol. The predicted octanol–water partition coefficient (Wildman–Crippen LogP) is 4.45. The van der Waals surface area contributed by atoms with Gasteiger partial charge in [-0.25, -0.2) is 9.37 Å². The Labute approximate surface area is 212 Å². The van der Waals surface area contributed by atoms with Gasteiger partial charge in [-0.2, -0.15) is 0 Å². The minimum atomic E-state index is -0.713. The number of benzene rings is 2. The molecule has 1 saturated heterocycles. The molecule has 190 valence electrons. The van der Waals surface area contributed by atoms with Crippen LogP contribution < -0.4 is 11.1 Å². The molecule has 7 heteroatoms. The van der Waals surface area contributed by atoms with Crippen LogP contribution >= 0.6 is 0 Å². The van der Waals surface area contributed by atoms with Crippen molar-refractivity contribution in [1.82, 2.24) is 15.2 Å². The number of Topliss-reactive ketones (excluding diaryl/α,β-unsaturated/α-hetero) is 1. The lowest BCUT2D eigenvalue weighted by Gasteiger charge is -2.38. The number of piperidine rings is 1. The average Bonchev–Trinajstić information content (AvgIpc) is 2.84. The van der Waals surface area contributed by atoms with E-state index in [0.717, 1.165) is 29.2 Å². The van der Waals surface area contributed by atoms with Crippen LogP contribution in [-0.2, 0) is 22.4 Å². The summed E-state index contributed by atoms with van der Waals surface area (Å²) in [5, 5.41) is 4.82. The van der Waals surface area contributed by atoms with Gasteiger partial charge in [-0.1, -0.05) is 36.8 Å². The number of nitrogens with two attached hydrogens (primary N) is 1. The minimum absolute atomic E-state index is 0.0679. The van der Waals surface area contributed by atoms with Gasteiger partial charge in [0.05, 0.1) is 12.6 Å². The van der Waals surface area contributed by atoms with E-state index in [-0.39, 0.29) is 36.9 Å². The van der Waals surface area contributed by atoms with Crippen LogP contribution in [0.4, 0.5) is 10.2 Å². The molecule has 3 N–H and O–H groups in total. The van der Waals surface area contributed by atoms with Crippen LogP contribution in [0.25, 0.3) is 10.8 Å². The van der Waals surface area contributed by atoms with Crippen molar-refractivity contribution in [3.63, 3.8) is 0 Å². The van der Waals surface area contributed by atoms with Gasteiger partial charge in [0.15, 0.2) is 5.78 Å². The molecule has 2 aromatic carbocycles. The largest absolute Gasteiger partial charge is 0.383 e. The number of nitrogens with one attached hydrogen (secondary N) is 1. The molecule has 1 aliphatic heterocycles. The molecule has 0 aliphatic carbocycles. The van der Waals surface area contributed by atoms with Crippen LogP contribution in [-0.4, -0.2) is 46.2 Å². The van der Waals surface area contributed by atoms with Gasteiger partial charge in [0, 0.05) is 30.1 Å². The summed E-state index contributed by atoms with van der Waals surface area (Å²) in [4.78, 5) is 32.7. The Morgan fingerprint density at radius 3 is 2.64 bits per heavy atom. The van der Waals surface area contributed by atoms with E-state index in [0.29, 0.717) is 29.9 Å². The molecule has 0 spiro atoms. The number of likely N-dealkylation sites (tertiary alicyclic amines) is 1. The van der Waals surface area contributed by atoms with Gasteiger partial charge in [-0.3, -0.25) is 14.5 Å². The van der Waals surface area contributed by atoms with Crippen molar-refractivity contribution in [2.24, 2.45) is 0 Å². The molecule has 3 atom stereocenters. The first kappa shape index (κ1) is 25.8. The Morgan fingerprint density at radius 1 is 1.11 bits per heavy atom. The molecule has 1 fully saturated rings. The van der Waals surface area contributed by atoms with Crippen LogP contribution in [0.3, 0.4) is 0 Å². The molecule has 1 amide bonds. The first-order valence-electron chi connectivity index (χ1n) is 12.8. The summed E-state index contributed by atoms with van der Waals surface area (Å²) < 4.78 is 13.8. The summed E-state index contributed by atoms with van der Waals surface area (Å²) in [7, 11) is 0. The highest BCUT2D eigenvalue weighted by atomic mass is 19.1. The number of nitrogen functional groups attached to an aromatic ring is 1. The summed E-state index contributed by atoms with van der Waals surface area (Å²) in [6, 6.07) is 13.9. The zero-order valence-electron chi connectivity index (χ0n) is 21.0. The maximum absolute atomic E-state index is 13.8. The van der Waals surface area contributed by atoms with E-state index < -0.39 is 6.04 Å². The molecule has 36 heavy (non-hydrogen) atoms. The molecule has 0 radical (unpaired) electrons. The fourth-order valence-electron chi connectivity index (χ4n) is 5.19. The summed E-state index contributed by atoms with van der Waals surface area (Å²) >= 11 is 0. The molecule has 2 unspecified atom stereocenters. The highest BCUT2D eigenvalue weighted by Gasteiger charge is 2.28. The number of anilines is 1. The third-order valence-electron chi connectivity index (χ3n) is 7.27. The van der Waals surface area contributed by atoms with Crippen LogP contribution in [0.1, 0.15) is 50.7 Å². The Balaban J connectivity index is 1.45. The van der Waals surface area contributed by atoms with Crippen molar-refractivity contribution in [3.05, 3.63) is 71.7 Å². The standard InChI is InChI=1S/C29H35FN4O2/c1-19-5-3-6-20(2)34(19)18-28(36)33-26(17-22-7-4-8-24(30)16-22)27(35)12-10-21-9-11-25-23(15-21)13-14-32-29(25)31/h4,7-9,11,13-16,19-20,26H,3,5-6,10,12,17-18H2,1-2H3,(H2,31,32)(H,33,36)/t19?,20?,26-/m0/s1. The van der Waals surface area contributed by atoms with E-state index in [2.05, 4.69) is 29.0 Å². The molecule has 6 nitrogen and oxygen atoms in total. The Morgan fingerprint density at radius 2 is 1.89 bits per heavy atom. The number of aromatic nitrogens is 1. The second-order valence-electron chi connectivity index (χ2n) is 9.97. The number of rotatable bonds is 9. The molecule has 0 bridgehead atoms. The molecule has 1 aromatic heterocycles. The third-order valence-corrected chi connectivity index (χ3v) is 7.27. The van der Waals surface area contributed by atoms with E-state index >= 15 is 0 Å². The smallest absolute Gasteiger partial charge is 0.234 e. The van der Waals surface area contributed by atoms with Gasteiger partial charge in [0.25, 0.3) is 0 Å². The number of amides is 1. The third kappa shape index (κ3) is 6.46. The topological polar surface area (TPSA) is 88.3 Å². The van der Waals surface area contributed by atoms with Gasteiger partial charge in [0.1, 0.15) is 11.6 Å². The fraction of sp³-hybridized carbons (Fsp3) is 0.414. The SMILES string of the molecule is CC1CCCC(C)N1CC(=O)N[C@@H](Cc1cccc(F)c1)C(=O)CCc1ccc2c(N)nccc2c1. The van der Waals surface area contributed by atoms with Crippen molar-refractivity contribution < 1.29 is 14.0 Å². The van der Waals surface area contributed by atoms with Crippen molar-refractivity contribution >= 4 is 28.3 Å². The average molecular weight is 491 g/mol. The molecule has 2 heterocycles. The lowest BCUT2D eigenvalue weighted by Crippen LogP contribution is -2.51.